The molecule has 0 bridgehead atoms. The van der Waals surface area contributed by atoms with E-state index in [1.165, 1.54) is 15.9 Å². The summed E-state index contributed by atoms with van der Waals surface area (Å²) in [4.78, 5) is 42.8. The van der Waals surface area contributed by atoms with Gasteiger partial charge in [-0.15, -0.1) is 0 Å². The largest absolute Gasteiger partial charge is 0.497 e. The van der Waals surface area contributed by atoms with E-state index in [1.807, 2.05) is 12.1 Å². The third kappa shape index (κ3) is 5.73. The van der Waals surface area contributed by atoms with Crippen molar-refractivity contribution in [3.8, 4) is 11.5 Å². The number of hydrogen-bond acceptors (Lipinski definition) is 8. The molecule has 38 heavy (non-hydrogen) atoms. The summed E-state index contributed by atoms with van der Waals surface area (Å²) in [5.74, 6) is -0.596. The van der Waals surface area contributed by atoms with Crippen molar-refractivity contribution in [2.75, 3.05) is 13.7 Å². The van der Waals surface area contributed by atoms with Gasteiger partial charge in [0, 0.05) is 0 Å². The number of ether oxygens (including phenoxy) is 3. The van der Waals surface area contributed by atoms with Crippen LogP contribution >= 0.6 is 27.3 Å². The maximum Gasteiger partial charge on any atom is 0.341 e. The van der Waals surface area contributed by atoms with Crippen LogP contribution in [0.3, 0.4) is 0 Å². The number of hydrogen-bond donors (Lipinski definition) is 1. The van der Waals surface area contributed by atoms with Gasteiger partial charge in [0.15, 0.2) is 11.4 Å². The molecule has 0 saturated heterocycles. The van der Waals surface area contributed by atoms with E-state index in [-0.39, 0.29) is 11.7 Å². The Bertz CT molecular complexity index is 1600. The van der Waals surface area contributed by atoms with Crippen LogP contribution in [-0.4, -0.2) is 41.4 Å². The number of methoxy groups -OCH3 is 1. The Morgan fingerprint density at radius 3 is 2.53 bits per heavy atom. The molecule has 2 aromatic carbocycles. The first-order valence-corrected chi connectivity index (χ1v) is 13.2. The van der Waals surface area contributed by atoms with Crippen molar-refractivity contribution in [1.29, 1.82) is 0 Å². The SMILES string of the molecule is COc1ccc([C@@H]2C(C(=O)OC(C)C)=C(C)N=c3s/c(=C/c4ccc(OCC(=O)O)c(Br)c4)c(=O)n32)cc1. The Balaban J connectivity index is 1.83. The van der Waals surface area contributed by atoms with Gasteiger partial charge in [-0.1, -0.05) is 29.5 Å². The number of aliphatic carboxylic acids is 1. The first kappa shape index (κ1) is 27.3. The highest BCUT2D eigenvalue weighted by Crippen LogP contribution is 2.32. The smallest absolute Gasteiger partial charge is 0.341 e. The molecule has 1 atom stereocenters. The number of carbonyl (C=O) groups excluding carboxylic acids is 1. The fourth-order valence-electron chi connectivity index (χ4n) is 3.98. The predicted octanol–water partition coefficient (Wildman–Crippen LogP) is 3.42. The molecule has 198 valence electrons. The zero-order valence-electron chi connectivity index (χ0n) is 21.1. The maximum atomic E-state index is 13.7. The predicted molar refractivity (Wildman–Crippen MR) is 145 cm³/mol. The van der Waals surface area contributed by atoms with Crippen LogP contribution in [0.15, 0.2) is 68.0 Å². The molecule has 2 heterocycles. The van der Waals surface area contributed by atoms with Crippen molar-refractivity contribution >= 4 is 45.3 Å². The quantitative estimate of drug-likeness (QED) is 0.394. The number of fused-ring (bicyclic) bond motifs is 1. The fraction of sp³-hybridized carbons (Fsp3) is 0.259. The summed E-state index contributed by atoms with van der Waals surface area (Å²) < 4.78 is 18.5. The fourth-order valence-corrected chi connectivity index (χ4v) is 5.53. The van der Waals surface area contributed by atoms with Gasteiger partial charge in [0.25, 0.3) is 5.56 Å². The molecule has 0 spiro atoms. The molecule has 1 N–H and O–H groups in total. The number of aromatic nitrogens is 1. The van der Waals surface area contributed by atoms with Crippen LogP contribution in [0.2, 0.25) is 0 Å². The van der Waals surface area contributed by atoms with Gasteiger partial charge in [-0.05, 0) is 78.2 Å². The zero-order chi connectivity index (χ0) is 27.6. The number of esters is 1. The summed E-state index contributed by atoms with van der Waals surface area (Å²) in [5, 5.41) is 8.84. The molecule has 1 aromatic heterocycles. The highest BCUT2D eigenvalue weighted by atomic mass is 79.9. The lowest BCUT2D eigenvalue weighted by Crippen LogP contribution is -2.40. The average molecular weight is 601 g/mol. The minimum Gasteiger partial charge on any atom is -0.497 e. The lowest BCUT2D eigenvalue weighted by Gasteiger charge is -2.25. The number of allylic oxidation sites excluding steroid dienone is 1. The summed E-state index contributed by atoms with van der Waals surface area (Å²) >= 11 is 4.60. The van der Waals surface area contributed by atoms with E-state index in [4.69, 9.17) is 19.3 Å². The Morgan fingerprint density at radius 1 is 1.21 bits per heavy atom. The molecule has 3 aromatic rings. The molecule has 9 nitrogen and oxygen atoms in total. The van der Waals surface area contributed by atoms with E-state index in [0.29, 0.717) is 47.7 Å². The van der Waals surface area contributed by atoms with Gasteiger partial charge in [0.1, 0.15) is 11.5 Å². The summed E-state index contributed by atoms with van der Waals surface area (Å²) in [5.41, 5.74) is 1.88. The molecule has 0 unspecified atom stereocenters. The van der Waals surface area contributed by atoms with Gasteiger partial charge in [0.05, 0.1) is 39.5 Å². The summed E-state index contributed by atoms with van der Waals surface area (Å²) in [6, 6.07) is 11.5. The second-order valence-corrected chi connectivity index (χ2v) is 10.5. The number of benzene rings is 2. The Hall–Kier alpha value is -3.70. The van der Waals surface area contributed by atoms with E-state index in [1.54, 1.807) is 64.3 Å². The van der Waals surface area contributed by atoms with Crippen molar-refractivity contribution in [3.63, 3.8) is 0 Å². The zero-order valence-corrected chi connectivity index (χ0v) is 23.5. The number of halogens is 1. The van der Waals surface area contributed by atoms with Crippen LogP contribution in [0.1, 0.15) is 37.9 Å². The van der Waals surface area contributed by atoms with Gasteiger partial charge in [-0.25, -0.2) is 14.6 Å². The van der Waals surface area contributed by atoms with E-state index in [9.17, 15) is 14.4 Å². The van der Waals surface area contributed by atoms with Crippen LogP contribution in [0.5, 0.6) is 11.5 Å². The van der Waals surface area contributed by atoms with Crippen molar-refractivity contribution in [2.45, 2.75) is 32.9 Å². The lowest BCUT2D eigenvalue weighted by molar-refractivity contribution is -0.143. The van der Waals surface area contributed by atoms with Crippen LogP contribution in [0, 0.1) is 0 Å². The van der Waals surface area contributed by atoms with E-state index in [2.05, 4.69) is 20.9 Å². The lowest BCUT2D eigenvalue weighted by atomic mass is 9.96. The average Bonchev–Trinajstić information content (AvgIpc) is 3.16. The van der Waals surface area contributed by atoms with Crippen molar-refractivity contribution in [1.82, 2.24) is 4.57 Å². The molecule has 1 aliphatic rings. The Morgan fingerprint density at radius 2 is 1.92 bits per heavy atom. The first-order valence-electron chi connectivity index (χ1n) is 11.6. The third-order valence-corrected chi connectivity index (χ3v) is 7.22. The molecular weight excluding hydrogens is 576 g/mol. The molecule has 0 saturated carbocycles. The van der Waals surface area contributed by atoms with Crippen molar-refractivity contribution in [3.05, 3.63) is 89.0 Å². The van der Waals surface area contributed by atoms with Crippen LogP contribution in [0.25, 0.3) is 6.08 Å². The third-order valence-electron chi connectivity index (χ3n) is 5.62. The normalized spacial score (nSPS) is 15.2. The van der Waals surface area contributed by atoms with E-state index >= 15 is 0 Å². The number of carbonyl (C=O) groups is 2. The minimum absolute atomic E-state index is 0.297. The van der Waals surface area contributed by atoms with E-state index in [0.717, 1.165) is 0 Å². The minimum atomic E-state index is -1.08. The maximum absolute atomic E-state index is 13.7. The van der Waals surface area contributed by atoms with Gasteiger partial charge >= 0.3 is 11.9 Å². The standard InChI is InChI=1S/C27H25BrN2O7S/c1-14(2)37-26(34)23-15(3)29-27-30(24(23)17-6-8-18(35-4)9-7-17)25(33)21(38-27)12-16-5-10-20(19(28)11-16)36-13-22(31)32/h5-12,14,24H,13H2,1-4H3,(H,31,32)/b21-12+/t24-/m1/s1. The topological polar surface area (TPSA) is 116 Å². The number of carboxylic acid groups (broad SMARTS) is 1. The van der Waals surface area contributed by atoms with Gasteiger partial charge in [-0.2, -0.15) is 0 Å². The van der Waals surface area contributed by atoms with E-state index < -0.39 is 24.6 Å². The monoisotopic (exact) mass is 600 g/mol. The van der Waals surface area contributed by atoms with Gasteiger partial charge in [-0.3, -0.25) is 9.36 Å². The molecule has 0 aliphatic carbocycles. The number of carboxylic acids is 1. The molecule has 0 fully saturated rings. The van der Waals surface area contributed by atoms with Crippen LogP contribution < -0.4 is 24.4 Å². The van der Waals surface area contributed by atoms with Crippen molar-refractivity contribution < 1.29 is 28.9 Å². The molecule has 11 heteroatoms. The van der Waals surface area contributed by atoms with Crippen LogP contribution in [-0.2, 0) is 14.3 Å². The number of nitrogens with zero attached hydrogens (tertiary/aromatic N) is 2. The Kier molecular flexibility index (Phi) is 8.17. The molecule has 0 amide bonds. The highest BCUT2D eigenvalue weighted by molar-refractivity contribution is 9.10. The summed E-state index contributed by atoms with van der Waals surface area (Å²) in [6.07, 6.45) is 1.37. The molecule has 1 aliphatic heterocycles. The summed E-state index contributed by atoms with van der Waals surface area (Å²) in [7, 11) is 1.57. The number of rotatable bonds is 8. The van der Waals surface area contributed by atoms with Gasteiger partial charge in [0.2, 0.25) is 0 Å². The second-order valence-electron chi connectivity index (χ2n) is 8.68. The first-order chi connectivity index (χ1) is 18.1. The summed E-state index contributed by atoms with van der Waals surface area (Å²) in [6.45, 7) is 4.80. The Labute approximate surface area is 230 Å². The molecule has 4 rings (SSSR count). The highest BCUT2D eigenvalue weighted by Gasteiger charge is 2.33. The molecule has 0 radical (unpaired) electrons. The second kappa shape index (κ2) is 11.4. The number of thiazole rings is 1. The van der Waals surface area contributed by atoms with Crippen LogP contribution in [0.4, 0.5) is 0 Å². The van der Waals surface area contributed by atoms with Gasteiger partial charge < -0.3 is 19.3 Å². The molecular formula is C27H25BrN2O7S. The van der Waals surface area contributed by atoms with Crippen molar-refractivity contribution in [2.24, 2.45) is 4.99 Å².